The van der Waals surface area contributed by atoms with E-state index in [9.17, 15) is 9.18 Å². The Bertz CT molecular complexity index is 555. The lowest BCUT2D eigenvalue weighted by atomic mass is 10.3. The van der Waals surface area contributed by atoms with Gasteiger partial charge in [-0.2, -0.15) is 0 Å². The van der Waals surface area contributed by atoms with Crippen LogP contribution in [0, 0.1) is 5.82 Å². The molecule has 2 aromatic rings. The zero-order valence-corrected chi connectivity index (χ0v) is 10.6. The van der Waals surface area contributed by atoms with Crippen LogP contribution in [0.2, 0.25) is 0 Å². The first-order valence-electron chi connectivity index (χ1n) is 5.23. The molecule has 1 aromatic carbocycles. The van der Waals surface area contributed by atoms with Gasteiger partial charge in [-0.05, 0) is 25.1 Å². The Morgan fingerprint density at radius 2 is 2.33 bits per heavy atom. The minimum atomic E-state index is -0.558. The van der Waals surface area contributed by atoms with Crippen LogP contribution in [0.1, 0.15) is 12.7 Å². The Morgan fingerprint density at radius 1 is 1.61 bits per heavy atom. The summed E-state index contributed by atoms with van der Waals surface area (Å²) < 4.78 is 12.9. The van der Waals surface area contributed by atoms with Crippen molar-refractivity contribution in [2.75, 3.05) is 0 Å². The minimum Gasteiger partial charge on any atom is -0.348 e. The van der Waals surface area contributed by atoms with Crippen LogP contribution in [0.5, 0.6) is 0 Å². The summed E-state index contributed by atoms with van der Waals surface area (Å²) in [6.07, 6.45) is 0. The van der Waals surface area contributed by atoms with Crippen molar-refractivity contribution in [3.8, 4) is 0 Å². The van der Waals surface area contributed by atoms with E-state index in [1.807, 2.05) is 0 Å². The first-order valence-corrected chi connectivity index (χ1v) is 5.23. The smallest absolute Gasteiger partial charge is 0.237 e. The number of nitrogens with zero attached hydrogens (tertiary/aromatic N) is 1. The highest BCUT2D eigenvalue weighted by Gasteiger charge is 2.08. The molecule has 1 aromatic heterocycles. The van der Waals surface area contributed by atoms with Crippen molar-refractivity contribution in [3.63, 3.8) is 0 Å². The van der Waals surface area contributed by atoms with E-state index >= 15 is 0 Å². The van der Waals surface area contributed by atoms with Crippen molar-refractivity contribution in [1.29, 1.82) is 0 Å². The number of hydrogen-bond acceptors (Lipinski definition) is 3. The number of benzene rings is 1. The van der Waals surface area contributed by atoms with Gasteiger partial charge >= 0.3 is 0 Å². The molecule has 7 heteroatoms. The first kappa shape index (κ1) is 14.4. The predicted molar refractivity (Wildman–Crippen MR) is 68.8 cm³/mol. The lowest BCUT2D eigenvalue weighted by Gasteiger charge is -2.05. The number of imidazole rings is 1. The Hall–Kier alpha value is -1.66. The van der Waals surface area contributed by atoms with Gasteiger partial charge in [-0.1, -0.05) is 0 Å². The molecule has 0 bridgehead atoms. The number of aromatic amines is 1. The molecule has 1 amide bonds. The van der Waals surface area contributed by atoms with Gasteiger partial charge in [0.2, 0.25) is 5.91 Å². The number of hydrogen-bond donors (Lipinski definition) is 3. The van der Waals surface area contributed by atoms with Gasteiger partial charge in [0.1, 0.15) is 11.6 Å². The number of nitrogens with two attached hydrogens (primary N) is 1. The molecule has 4 N–H and O–H groups in total. The molecule has 5 nitrogen and oxygen atoms in total. The second kappa shape index (κ2) is 5.79. The molecule has 1 heterocycles. The molecule has 98 valence electrons. The zero-order chi connectivity index (χ0) is 12.4. The number of fused-ring (bicyclic) bond motifs is 1. The summed E-state index contributed by atoms with van der Waals surface area (Å²) in [6.45, 7) is 1.85. The van der Waals surface area contributed by atoms with Gasteiger partial charge in [0.15, 0.2) is 0 Å². The van der Waals surface area contributed by atoms with Crippen LogP contribution in [-0.2, 0) is 11.3 Å². The Balaban J connectivity index is 0.00000162. The van der Waals surface area contributed by atoms with Crippen LogP contribution in [-0.4, -0.2) is 21.9 Å². The molecule has 18 heavy (non-hydrogen) atoms. The standard InChI is InChI=1S/C11H13FN4O.ClH/c1-6(13)11(17)14-5-10-15-8-3-2-7(12)4-9(8)16-10;/h2-4,6H,5,13H2,1H3,(H,14,17)(H,15,16);1H. The van der Waals surface area contributed by atoms with Gasteiger partial charge in [-0.15, -0.1) is 12.4 Å². The fraction of sp³-hybridized carbons (Fsp3) is 0.273. The molecule has 2 rings (SSSR count). The lowest BCUT2D eigenvalue weighted by Crippen LogP contribution is -2.38. The molecule has 0 spiro atoms. The highest BCUT2D eigenvalue weighted by molar-refractivity contribution is 5.85. The van der Waals surface area contributed by atoms with Crippen molar-refractivity contribution in [2.45, 2.75) is 19.5 Å². The van der Waals surface area contributed by atoms with E-state index in [-0.39, 0.29) is 30.7 Å². The second-order valence-corrected chi connectivity index (χ2v) is 3.85. The Labute approximate surface area is 109 Å². The molecule has 1 unspecified atom stereocenters. The van der Waals surface area contributed by atoms with E-state index in [1.165, 1.54) is 12.1 Å². The maximum atomic E-state index is 12.9. The van der Waals surface area contributed by atoms with Crippen molar-refractivity contribution in [3.05, 3.63) is 29.8 Å². The van der Waals surface area contributed by atoms with Crippen LogP contribution in [0.25, 0.3) is 11.0 Å². The van der Waals surface area contributed by atoms with Crippen molar-refractivity contribution < 1.29 is 9.18 Å². The summed E-state index contributed by atoms with van der Waals surface area (Å²) in [5.74, 6) is -0.0106. The highest BCUT2D eigenvalue weighted by Crippen LogP contribution is 2.12. The van der Waals surface area contributed by atoms with Gasteiger partial charge in [-0.25, -0.2) is 9.37 Å². The summed E-state index contributed by atoms with van der Waals surface area (Å²) in [5, 5.41) is 2.62. The third-order valence-electron chi connectivity index (χ3n) is 2.34. The number of H-pyrrole nitrogens is 1. The Kier molecular flexibility index (Phi) is 4.63. The Morgan fingerprint density at radius 3 is 3.00 bits per heavy atom. The summed E-state index contributed by atoms with van der Waals surface area (Å²) in [7, 11) is 0. The molecule has 0 aliphatic rings. The third-order valence-corrected chi connectivity index (χ3v) is 2.34. The molecule has 0 radical (unpaired) electrons. The summed E-state index contributed by atoms with van der Waals surface area (Å²) in [5.41, 5.74) is 6.67. The van der Waals surface area contributed by atoms with Gasteiger partial charge in [0.25, 0.3) is 0 Å². The van der Waals surface area contributed by atoms with Crippen molar-refractivity contribution in [2.24, 2.45) is 5.73 Å². The quantitative estimate of drug-likeness (QED) is 0.782. The van der Waals surface area contributed by atoms with Crippen LogP contribution in [0.4, 0.5) is 4.39 Å². The molecule has 0 saturated heterocycles. The lowest BCUT2D eigenvalue weighted by molar-refractivity contribution is -0.122. The first-order chi connectivity index (χ1) is 8.06. The number of rotatable bonds is 3. The van der Waals surface area contributed by atoms with Crippen LogP contribution in [0.3, 0.4) is 0 Å². The van der Waals surface area contributed by atoms with E-state index in [4.69, 9.17) is 5.73 Å². The van der Waals surface area contributed by atoms with Gasteiger partial charge in [0.05, 0.1) is 23.6 Å². The number of nitrogens with one attached hydrogen (secondary N) is 2. The molecule has 0 fully saturated rings. The average Bonchev–Trinajstić information content (AvgIpc) is 2.67. The topological polar surface area (TPSA) is 83.8 Å². The van der Waals surface area contributed by atoms with Gasteiger partial charge in [0, 0.05) is 0 Å². The maximum absolute atomic E-state index is 12.9. The van der Waals surface area contributed by atoms with Crippen LogP contribution in [0.15, 0.2) is 18.2 Å². The van der Waals surface area contributed by atoms with E-state index in [0.29, 0.717) is 16.9 Å². The largest absolute Gasteiger partial charge is 0.348 e. The van der Waals surface area contributed by atoms with E-state index in [2.05, 4.69) is 15.3 Å². The molecule has 0 saturated carbocycles. The van der Waals surface area contributed by atoms with Gasteiger partial charge < -0.3 is 16.0 Å². The molecule has 0 aliphatic heterocycles. The number of carbonyl (C=O) groups is 1. The van der Waals surface area contributed by atoms with Crippen molar-refractivity contribution >= 4 is 29.3 Å². The molecule has 0 aliphatic carbocycles. The van der Waals surface area contributed by atoms with E-state index < -0.39 is 6.04 Å². The minimum absolute atomic E-state index is 0. The normalized spacial score (nSPS) is 11.9. The summed E-state index contributed by atoms with van der Waals surface area (Å²) >= 11 is 0. The summed E-state index contributed by atoms with van der Waals surface area (Å²) in [4.78, 5) is 18.4. The fourth-order valence-corrected chi connectivity index (χ4v) is 1.45. The van der Waals surface area contributed by atoms with Gasteiger partial charge in [-0.3, -0.25) is 4.79 Å². The fourth-order valence-electron chi connectivity index (χ4n) is 1.45. The molecular weight excluding hydrogens is 259 g/mol. The summed E-state index contributed by atoms with van der Waals surface area (Å²) in [6, 6.07) is 3.72. The second-order valence-electron chi connectivity index (χ2n) is 3.85. The maximum Gasteiger partial charge on any atom is 0.237 e. The number of halogens is 2. The third kappa shape index (κ3) is 3.18. The van der Waals surface area contributed by atoms with Crippen molar-refractivity contribution in [1.82, 2.24) is 15.3 Å². The number of aromatic nitrogens is 2. The monoisotopic (exact) mass is 272 g/mol. The number of carbonyl (C=O) groups excluding carboxylic acids is 1. The van der Waals surface area contributed by atoms with Crippen LogP contribution < -0.4 is 11.1 Å². The van der Waals surface area contributed by atoms with E-state index in [1.54, 1.807) is 13.0 Å². The molecule has 1 atom stereocenters. The van der Waals surface area contributed by atoms with E-state index in [0.717, 1.165) is 0 Å². The number of amides is 1. The molecular formula is C11H14ClFN4O. The average molecular weight is 273 g/mol. The van der Waals surface area contributed by atoms with Crippen LogP contribution >= 0.6 is 12.4 Å². The SMILES string of the molecule is CC(N)C(=O)NCc1nc2ccc(F)cc2[nH]1.Cl. The predicted octanol–water partition coefficient (Wildman–Crippen LogP) is 1.09. The highest BCUT2D eigenvalue weighted by atomic mass is 35.5. The zero-order valence-electron chi connectivity index (χ0n) is 9.74.